The SMILES string of the molecule is CO[C@@H]1CN(C)C(=O)c2cc(NC(=O)c3cc(C)on3)ccc2OC[C@H](C)N(C(=O)C2CC2)C[C@@H]1C. The molecule has 2 aliphatic rings. The van der Waals surface area contributed by atoms with Gasteiger partial charge in [0.15, 0.2) is 5.69 Å². The van der Waals surface area contributed by atoms with Crippen molar-refractivity contribution in [2.75, 3.05) is 39.2 Å². The molecular weight excluding hydrogens is 464 g/mol. The summed E-state index contributed by atoms with van der Waals surface area (Å²) in [5, 5.41) is 6.49. The molecule has 2 aromatic rings. The van der Waals surface area contributed by atoms with E-state index in [-0.39, 0.29) is 48.1 Å². The molecule has 10 nitrogen and oxygen atoms in total. The monoisotopic (exact) mass is 498 g/mol. The minimum Gasteiger partial charge on any atom is -0.491 e. The van der Waals surface area contributed by atoms with Crippen LogP contribution in [0, 0.1) is 18.8 Å². The summed E-state index contributed by atoms with van der Waals surface area (Å²) in [6.45, 7) is 6.79. The zero-order valence-electron chi connectivity index (χ0n) is 21.4. The molecule has 36 heavy (non-hydrogen) atoms. The standard InChI is InChI=1S/C26H34N4O6/c1-15-12-30(25(32)18-6-7-18)16(2)14-35-22-9-8-19(27-24(31)21-10-17(3)36-28-21)11-20(22)26(33)29(4)13-23(15)34-5/h8-11,15-16,18,23H,6-7,12-14H2,1-5H3,(H,27,31)/t15-,16-,23+/m0/s1. The Labute approximate surface area is 210 Å². The number of likely N-dealkylation sites (N-methyl/N-ethyl adjacent to an activating group) is 1. The minimum atomic E-state index is -0.446. The lowest BCUT2D eigenvalue weighted by Gasteiger charge is -2.36. The van der Waals surface area contributed by atoms with Crippen LogP contribution in [0.25, 0.3) is 0 Å². The molecule has 194 valence electrons. The molecule has 10 heteroatoms. The first kappa shape index (κ1) is 25.7. The Morgan fingerprint density at radius 2 is 1.92 bits per heavy atom. The van der Waals surface area contributed by atoms with Crippen LogP contribution in [-0.2, 0) is 9.53 Å². The normalized spacial score (nSPS) is 23.2. The van der Waals surface area contributed by atoms with E-state index < -0.39 is 5.91 Å². The quantitative estimate of drug-likeness (QED) is 0.689. The van der Waals surface area contributed by atoms with Crippen molar-refractivity contribution >= 4 is 23.4 Å². The summed E-state index contributed by atoms with van der Waals surface area (Å²) in [6, 6.07) is 6.27. The third-order valence-corrected chi connectivity index (χ3v) is 6.77. The topological polar surface area (TPSA) is 114 Å². The third kappa shape index (κ3) is 5.70. The number of carbonyl (C=O) groups excluding carboxylic acids is 3. The second-order valence-corrected chi connectivity index (χ2v) is 9.85. The van der Waals surface area contributed by atoms with E-state index in [1.807, 2.05) is 18.7 Å². The van der Waals surface area contributed by atoms with Crippen molar-refractivity contribution in [1.82, 2.24) is 15.0 Å². The van der Waals surface area contributed by atoms with Gasteiger partial charge in [0, 0.05) is 50.8 Å². The van der Waals surface area contributed by atoms with Crippen LogP contribution >= 0.6 is 0 Å². The van der Waals surface area contributed by atoms with Crippen LogP contribution in [0.5, 0.6) is 5.75 Å². The van der Waals surface area contributed by atoms with Gasteiger partial charge in [0.05, 0.1) is 17.7 Å². The molecule has 1 saturated carbocycles. The predicted octanol–water partition coefficient (Wildman–Crippen LogP) is 2.98. The summed E-state index contributed by atoms with van der Waals surface area (Å²) in [7, 11) is 3.33. The summed E-state index contributed by atoms with van der Waals surface area (Å²) in [5.74, 6) is 0.444. The van der Waals surface area contributed by atoms with E-state index in [4.69, 9.17) is 14.0 Å². The summed E-state index contributed by atoms with van der Waals surface area (Å²) < 4.78 is 16.8. The Hall–Kier alpha value is -3.40. The molecule has 0 radical (unpaired) electrons. The van der Waals surface area contributed by atoms with Crippen LogP contribution in [0.15, 0.2) is 28.8 Å². The number of nitrogens with one attached hydrogen (secondary N) is 1. The Kier molecular flexibility index (Phi) is 7.63. The van der Waals surface area contributed by atoms with E-state index in [1.165, 1.54) is 6.07 Å². The fourth-order valence-corrected chi connectivity index (χ4v) is 4.39. The highest BCUT2D eigenvalue weighted by Gasteiger charge is 2.37. The number of hydrogen-bond donors (Lipinski definition) is 1. The number of rotatable bonds is 4. The predicted molar refractivity (Wildman–Crippen MR) is 132 cm³/mol. The van der Waals surface area contributed by atoms with Crippen molar-refractivity contribution < 1.29 is 28.4 Å². The maximum Gasteiger partial charge on any atom is 0.277 e. The number of fused-ring (bicyclic) bond motifs is 1. The van der Waals surface area contributed by atoms with Crippen molar-refractivity contribution in [3.05, 3.63) is 41.3 Å². The van der Waals surface area contributed by atoms with Crippen LogP contribution in [0.4, 0.5) is 5.69 Å². The molecule has 0 saturated heterocycles. The number of amides is 3. The first-order valence-corrected chi connectivity index (χ1v) is 12.3. The van der Waals surface area contributed by atoms with Crippen LogP contribution in [0.3, 0.4) is 0 Å². The van der Waals surface area contributed by atoms with Crippen molar-refractivity contribution in [2.24, 2.45) is 11.8 Å². The molecule has 4 rings (SSSR count). The summed E-state index contributed by atoms with van der Waals surface area (Å²) in [5.41, 5.74) is 0.875. The number of anilines is 1. The molecule has 1 N–H and O–H groups in total. The molecule has 1 aliphatic heterocycles. The second kappa shape index (κ2) is 10.7. The highest BCUT2D eigenvalue weighted by Crippen LogP contribution is 2.33. The van der Waals surface area contributed by atoms with Gasteiger partial charge in [0.2, 0.25) is 5.91 Å². The molecule has 1 aromatic carbocycles. The smallest absolute Gasteiger partial charge is 0.277 e. The number of nitrogens with zero attached hydrogens (tertiary/aromatic N) is 3. The number of benzene rings is 1. The molecule has 1 aromatic heterocycles. The van der Waals surface area contributed by atoms with Gasteiger partial charge in [-0.15, -0.1) is 0 Å². The highest BCUT2D eigenvalue weighted by molar-refractivity contribution is 6.04. The number of aromatic nitrogens is 1. The van der Waals surface area contributed by atoms with Gasteiger partial charge in [-0.05, 0) is 44.9 Å². The first-order chi connectivity index (χ1) is 17.2. The third-order valence-electron chi connectivity index (χ3n) is 6.77. The van der Waals surface area contributed by atoms with Gasteiger partial charge in [0.1, 0.15) is 18.1 Å². The van der Waals surface area contributed by atoms with Gasteiger partial charge in [-0.2, -0.15) is 0 Å². The highest BCUT2D eigenvalue weighted by atomic mass is 16.5. The van der Waals surface area contributed by atoms with E-state index in [9.17, 15) is 14.4 Å². The van der Waals surface area contributed by atoms with Crippen molar-refractivity contribution in [2.45, 2.75) is 45.8 Å². The number of aryl methyl sites for hydroxylation is 1. The molecule has 0 spiro atoms. The van der Waals surface area contributed by atoms with Gasteiger partial charge in [-0.1, -0.05) is 12.1 Å². The van der Waals surface area contributed by atoms with E-state index in [1.54, 1.807) is 44.2 Å². The van der Waals surface area contributed by atoms with E-state index in [2.05, 4.69) is 10.5 Å². The van der Waals surface area contributed by atoms with Crippen LogP contribution in [-0.4, -0.2) is 78.7 Å². The van der Waals surface area contributed by atoms with Crippen molar-refractivity contribution in [3.63, 3.8) is 0 Å². The molecule has 2 heterocycles. The molecule has 1 fully saturated rings. The minimum absolute atomic E-state index is 0.00540. The molecule has 3 atom stereocenters. The zero-order valence-corrected chi connectivity index (χ0v) is 21.4. The van der Waals surface area contributed by atoms with Gasteiger partial charge in [-0.25, -0.2) is 0 Å². The van der Waals surface area contributed by atoms with E-state index >= 15 is 0 Å². The van der Waals surface area contributed by atoms with Crippen LogP contribution < -0.4 is 10.1 Å². The largest absolute Gasteiger partial charge is 0.491 e. The molecule has 0 bridgehead atoms. The Balaban J connectivity index is 1.63. The van der Waals surface area contributed by atoms with Gasteiger partial charge in [-0.3, -0.25) is 14.4 Å². The lowest BCUT2D eigenvalue weighted by Crippen LogP contribution is -2.49. The first-order valence-electron chi connectivity index (χ1n) is 12.3. The Bertz CT molecular complexity index is 1130. The maximum absolute atomic E-state index is 13.5. The van der Waals surface area contributed by atoms with E-state index in [0.717, 1.165) is 12.8 Å². The number of carbonyl (C=O) groups is 3. The zero-order chi connectivity index (χ0) is 26.0. The van der Waals surface area contributed by atoms with Crippen molar-refractivity contribution in [3.8, 4) is 5.75 Å². The number of ether oxygens (including phenoxy) is 2. The second-order valence-electron chi connectivity index (χ2n) is 9.85. The summed E-state index contributed by atoms with van der Waals surface area (Å²) in [4.78, 5) is 42.6. The average molecular weight is 499 g/mol. The van der Waals surface area contributed by atoms with Gasteiger partial charge >= 0.3 is 0 Å². The molecule has 3 amide bonds. The number of hydrogen-bond acceptors (Lipinski definition) is 7. The fraction of sp³-hybridized carbons (Fsp3) is 0.538. The fourth-order valence-electron chi connectivity index (χ4n) is 4.39. The lowest BCUT2D eigenvalue weighted by molar-refractivity contribution is -0.136. The molecule has 0 unspecified atom stereocenters. The Morgan fingerprint density at radius 1 is 1.17 bits per heavy atom. The average Bonchev–Trinajstić information content (AvgIpc) is 3.62. The van der Waals surface area contributed by atoms with Crippen LogP contribution in [0.2, 0.25) is 0 Å². The Morgan fingerprint density at radius 3 is 2.56 bits per heavy atom. The molecular formula is C26H34N4O6. The van der Waals surface area contributed by atoms with Crippen LogP contribution in [0.1, 0.15) is 53.3 Å². The number of methoxy groups -OCH3 is 1. The maximum atomic E-state index is 13.5. The van der Waals surface area contributed by atoms with Crippen molar-refractivity contribution in [1.29, 1.82) is 0 Å². The van der Waals surface area contributed by atoms with E-state index in [0.29, 0.717) is 35.9 Å². The summed E-state index contributed by atoms with van der Waals surface area (Å²) >= 11 is 0. The lowest BCUT2D eigenvalue weighted by atomic mass is 10.0. The summed E-state index contributed by atoms with van der Waals surface area (Å²) in [6.07, 6.45) is 1.59. The van der Waals surface area contributed by atoms with Gasteiger partial charge in [0.25, 0.3) is 11.8 Å². The van der Waals surface area contributed by atoms with Gasteiger partial charge < -0.3 is 29.1 Å². The molecule has 1 aliphatic carbocycles.